The first-order chi connectivity index (χ1) is 5.29. The molecule has 0 spiro atoms. The molecule has 2 saturated heterocycles. The third kappa shape index (κ3) is 1.21. The zero-order valence-electron chi connectivity index (χ0n) is 7.05. The lowest BCUT2D eigenvalue weighted by Crippen LogP contribution is -2.23. The standard InChI is InChI=1S/C9H15NO/c1-7-3-8-4-9(11-2)6-10(8)5-7/h8-9H,1,3-6H2,2H3/t8-,9+/m0/s1. The Hall–Kier alpha value is -0.340. The largest absolute Gasteiger partial charge is 0.380 e. The highest BCUT2D eigenvalue weighted by Gasteiger charge is 2.36. The van der Waals surface area contributed by atoms with Gasteiger partial charge in [0, 0.05) is 26.2 Å². The quantitative estimate of drug-likeness (QED) is 0.522. The van der Waals surface area contributed by atoms with Crippen molar-refractivity contribution in [3.63, 3.8) is 0 Å². The molecule has 0 N–H and O–H groups in total. The molecule has 2 aliphatic rings. The van der Waals surface area contributed by atoms with Crippen molar-refractivity contribution in [3.05, 3.63) is 12.2 Å². The molecule has 0 aromatic heterocycles. The van der Waals surface area contributed by atoms with Gasteiger partial charge in [0.1, 0.15) is 0 Å². The Morgan fingerprint density at radius 2 is 2.45 bits per heavy atom. The SMILES string of the molecule is C=C1C[C@H]2C[C@@H](OC)CN2C1. The molecule has 2 aliphatic heterocycles. The molecule has 0 saturated carbocycles. The van der Waals surface area contributed by atoms with Crippen molar-refractivity contribution < 1.29 is 4.74 Å². The van der Waals surface area contributed by atoms with Crippen LogP contribution in [0.2, 0.25) is 0 Å². The Balaban J connectivity index is 1.98. The number of methoxy groups -OCH3 is 1. The summed E-state index contributed by atoms with van der Waals surface area (Å²) in [7, 11) is 1.81. The van der Waals surface area contributed by atoms with E-state index in [9.17, 15) is 0 Å². The number of nitrogens with zero attached hydrogens (tertiary/aromatic N) is 1. The van der Waals surface area contributed by atoms with Gasteiger partial charge in [-0.05, 0) is 12.8 Å². The molecule has 0 aliphatic carbocycles. The van der Waals surface area contributed by atoms with E-state index < -0.39 is 0 Å². The Labute approximate surface area is 67.8 Å². The third-order valence-electron chi connectivity index (χ3n) is 2.77. The molecule has 0 aromatic carbocycles. The van der Waals surface area contributed by atoms with Gasteiger partial charge in [-0.15, -0.1) is 0 Å². The minimum Gasteiger partial charge on any atom is -0.380 e. The fourth-order valence-electron chi connectivity index (χ4n) is 2.20. The van der Waals surface area contributed by atoms with E-state index in [1.807, 2.05) is 7.11 Å². The van der Waals surface area contributed by atoms with Crippen molar-refractivity contribution in [1.29, 1.82) is 0 Å². The summed E-state index contributed by atoms with van der Waals surface area (Å²) in [6, 6.07) is 0.743. The van der Waals surface area contributed by atoms with Crippen LogP contribution in [0.25, 0.3) is 0 Å². The fraction of sp³-hybridized carbons (Fsp3) is 0.778. The van der Waals surface area contributed by atoms with E-state index >= 15 is 0 Å². The molecular weight excluding hydrogens is 138 g/mol. The van der Waals surface area contributed by atoms with E-state index in [4.69, 9.17) is 4.74 Å². The Morgan fingerprint density at radius 3 is 3.09 bits per heavy atom. The number of rotatable bonds is 1. The molecule has 2 nitrogen and oxygen atoms in total. The minimum atomic E-state index is 0.480. The predicted molar refractivity (Wildman–Crippen MR) is 44.5 cm³/mol. The average molecular weight is 153 g/mol. The van der Waals surface area contributed by atoms with Crippen LogP contribution in [-0.2, 0) is 4.74 Å². The molecule has 62 valence electrons. The molecule has 2 atom stereocenters. The van der Waals surface area contributed by atoms with Gasteiger partial charge in [0.05, 0.1) is 6.10 Å². The van der Waals surface area contributed by atoms with Crippen LogP contribution < -0.4 is 0 Å². The van der Waals surface area contributed by atoms with Crippen molar-refractivity contribution in [3.8, 4) is 0 Å². The first kappa shape index (κ1) is 7.32. The maximum atomic E-state index is 5.31. The summed E-state index contributed by atoms with van der Waals surface area (Å²) in [5.41, 5.74) is 1.39. The molecule has 0 unspecified atom stereocenters. The van der Waals surface area contributed by atoms with Crippen LogP contribution >= 0.6 is 0 Å². The molecule has 0 bridgehead atoms. The van der Waals surface area contributed by atoms with Gasteiger partial charge in [0.2, 0.25) is 0 Å². The Morgan fingerprint density at radius 1 is 1.64 bits per heavy atom. The maximum absolute atomic E-state index is 5.31. The molecule has 2 rings (SSSR count). The van der Waals surface area contributed by atoms with E-state index in [1.54, 1.807) is 0 Å². The number of ether oxygens (including phenoxy) is 1. The van der Waals surface area contributed by atoms with Crippen LogP contribution in [0, 0.1) is 0 Å². The van der Waals surface area contributed by atoms with Gasteiger partial charge in [-0.2, -0.15) is 0 Å². The highest BCUT2D eigenvalue weighted by Crippen LogP contribution is 2.30. The summed E-state index contributed by atoms with van der Waals surface area (Å²) >= 11 is 0. The van der Waals surface area contributed by atoms with Gasteiger partial charge in [-0.1, -0.05) is 12.2 Å². The molecular formula is C9H15NO. The van der Waals surface area contributed by atoms with Gasteiger partial charge in [0.15, 0.2) is 0 Å². The van der Waals surface area contributed by atoms with Gasteiger partial charge in [-0.25, -0.2) is 0 Å². The third-order valence-corrected chi connectivity index (χ3v) is 2.77. The first-order valence-electron chi connectivity index (χ1n) is 4.23. The zero-order valence-corrected chi connectivity index (χ0v) is 7.05. The highest BCUT2D eigenvalue weighted by atomic mass is 16.5. The second-order valence-corrected chi connectivity index (χ2v) is 3.63. The van der Waals surface area contributed by atoms with Crippen LogP contribution in [0.4, 0.5) is 0 Å². The number of hydrogen-bond donors (Lipinski definition) is 0. The first-order valence-corrected chi connectivity index (χ1v) is 4.23. The summed E-state index contributed by atoms with van der Waals surface area (Å²) in [6.45, 7) is 6.22. The van der Waals surface area contributed by atoms with Gasteiger partial charge >= 0.3 is 0 Å². The fourth-order valence-corrected chi connectivity index (χ4v) is 2.20. The van der Waals surface area contributed by atoms with Gasteiger partial charge < -0.3 is 4.74 Å². The smallest absolute Gasteiger partial charge is 0.0713 e. The predicted octanol–water partition coefficient (Wildman–Crippen LogP) is 1.04. The highest BCUT2D eigenvalue weighted by molar-refractivity contribution is 5.11. The molecule has 2 heterocycles. The van der Waals surface area contributed by atoms with E-state index in [1.165, 1.54) is 18.4 Å². The Kier molecular flexibility index (Phi) is 1.74. The molecule has 0 amide bonds. The van der Waals surface area contributed by atoms with Crippen LogP contribution in [0.1, 0.15) is 12.8 Å². The average Bonchev–Trinajstić information content (AvgIpc) is 2.43. The lowest BCUT2D eigenvalue weighted by Gasteiger charge is -2.11. The normalized spacial score (nSPS) is 38.1. The van der Waals surface area contributed by atoms with Crippen molar-refractivity contribution in [2.45, 2.75) is 25.0 Å². The molecule has 2 heteroatoms. The molecule has 0 radical (unpaired) electrons. The van der Waals surface area contributed by atoms with E-state index in [2.05, 4.69) is 11.5 Å². The Bertz CT molecular complexity index is 162. The van der Waals surface area contributed by atoms with E-state index in [0.717, 1.165) is 19.1 Å². The summed E-state index contributed by atoms with van der Waals surface area (Å²) in [4.78, 5) is 2.48. The molecule has 0 aromatic rings. The summed E-state index contributed by atoms with van der Waals surface area (Å²) in [6.07, 6.45) is 2.88. The maximum Gasteiger partial charge on any atom is 0.0713 e. The van der Waals surface area contributed by atoms with Gasteiger partial charge in [-0.3, -0.25) is 4.90 Å². The van der Waals surface area contributed by atoms with E-state index in [-0.39, 0.29) is 0 Å². The summed E-state index contributed by atoms with van der Waals surface area (Å²) in [5.74, 6) is 0. The van der Waals surface area contributed by atoms with Crippen LogP contribution in [-0.4, -0.2) is 37.2 Å². The van der Waals surface area contributed by atoms with Crippen molar-refractivity contribution in [1.82, 2.24) is 4.90 Å². The van der Waals surface area contributed by atoms with Crippen molar-refractivity contribution in [2.75, 3.05) is 20.2 Å². The monoisotopic (exact) mass is 153 g/mol. The van der Waals surface area contributed by atoms with Crippen LogP contribution in [0.15, 0.2) is 12.2 Å². The van der Waals surface area contributed by atoms with Gasteiger partial charge in [0.25, 0.3) is 0 Å². The van der Waals surface area contributed by atoms with E-state index in [0.29, 0.717) is 6.10 Å². The topological polar surface area (TPSA) is 12.5 Å². The lowest BCUT2D eigenvalue weighted by atomic mass is 10.1. The number of fused-ring (bicyclic) bond motifs is 1. The minimum absolute atomic E-state index is 0.480. The second-order valence-electron chi connectivity index (χ2n) is 3.63. The number of hydrogen-bond acceptors (Lipinski definition) is 2. The zero-order chi connectivity index (χ0) is 7.84. The summed E-state index contributed by atoms with van der Waals surface area (Å²) < 4.78 is 5.31. The lowest BCUT2D eigenvalue weighted by molar-refractivity contribution is 0.109. The van der Waals surface area contributed by atoms with Crippen LogP contribution in [0.3, 0.4) is 0 Å². The van der Waals surface area contributed by atoms with Crippen LogP contribution in [0.5, 0.6) is 0 Å². The van der Waals surface area contributed by atoms with Crippen molar-refractivity contribution in [2.24, 2.45) is 0 Å². The second kappa shape index (κ2) is 2.61. The molecule has 2 fully saturated rings. The van der Waals surface area contributed by atoms with Crippen molar-refractivity contribution >= 4 is 0 Å². The summed E-state index contributed by atoms with van der Waals surface area (Å²) in [5, 5.41) is 0. The molecule has 11 heavy (non-hydrogen) atoms.